The van der Waals surface area contributed by atoms with Gasteiger partial charge in [-0.3, -0.25) is 4.79 Å². The average Bonchev–Trinajstić information content (AvgIpc) is 3.47. The highest BCUT2D eigenvalue weighted by molar-refractivity contribution is 5.95. The van der Waals surface area contributed by atoms with Gasteiger partial charge in [-0.1, -0.05) is 12.1 Å². The fourth-order valence-electron chi connectivity index (χ4n) is 3.31. The quantitative estimate of drug-likeness (QED) is 0.675. The third kappa shape index (κ3) is 3.80. The smallest absolute Gasteiger partial charge is 0.251 e. The van der Waals surface area contributed by atoms with Crippen LogP contribution in [0, 0.1) is 5.92 Å². The molecule has 2 heterocycles. The number of nitrogens with zero attached hydrogens (tertiary/aromatic N) is 2. The molecule has 3 aromatic rings. The molecule has 1 fully saturated rings. The van der Waals surface area contributed by atoms with Crippen LogP contribution >= 0.6 is 0 Å². The lowest BCUT2D eigenvalue weighted by molar-refractivity contribution is 0.0897. The molecule has 2 aromatic heterocycles. The Bertz CT molecular complexity index is 930. The molecule has 6 nitrogen and oxygen atoms in total. The molecule has 4 rings (SSSR count). The summed E-state index contributed by atoms with van der Waals surface area (Å²) in [5, 5.41) is 3.10. The molecule has 0 aliphatic heterocycles. The molecule has 0 bridgehead atoms. The Hall–Kier alpha value is -2.86. The Balaban J connectivity index is 1.43. The van der Waals surface area contributed by atoms with Gasteiger partial charge in [0, 0.05) is 24.5 Å². The molecular formula is C21H24N4O2. The van der Waals surface area contributed by atoms with E-state index in [9.17, 15) is 4.79 Å². The van der Waals surface area contributed by atoms with Gasteiger partial charge in [-0.25, -0.2) is 4.98 Å². The average molecular weight is 364 g/mol. The van der Waals surface area contributed by atoms with E-state index in [2.05, 4.69) is 10.3 Å². The molecule has 1 aliphatic rings. The SMILES string of the molecule is CC(CN)(NC(=O)c1cccc(OCc2cn3ccccc3n2)c1)C1CC1. The van der Waals surface area contributed by atoms with Gasteiger partial charge in [0.2, 0.25) is 0 Å². The second-order valence-electron chi connectivity index (χ2n) is 7.36. The molecule has 1 saturated carbocycles. The second-order valence-corrected chi connectivity index (χ2v) is 7.36. The summed E-state index contributed by atoms with van der Waals surface area (Å²) >= 11 is 0. The summed E-state index contributed by atoms with van der Waals surface area (Å²) in [6.45, 7) is 2.80. The van der Waals surface area contributed by atoms with Gasteiger partial charge in [-0.15, -0.1) is 0 Å². The minimum absolute atomic E-state index is 0.118. The largest absolute Gasteiger partial charge is 0.487 e. The van der Waals surface area contributed by atoms with Gasteiger partial charge >= 0.3 is 0 Å². The van der Waals surface area contributed by atoms with Gasteiger partial charge in [0.1, 0.15) is 18.0 Å². The maximum atomic E-state index is 12.7. The van der Waals surface area contributed by atoms with Crippen LogP contribution in [-0.2, 0) is 6.61 Å². The van der Waals surface area contributed by atoms with Gasteiger partial charge < -0.3 is 20.2 Å². The first-order valence-electron chi connectivity index (χ1n) is 9.25. The van der Waals surface area contributed by atoms with E-state index in [0.717, 1.165) is 24.2 Å². The lowest BCUT2D eigenvalue weighted by atomic mass is 9.95. The first kappa shape index (κ1) is 17.5. The molecule has 0 radical (unpaired) electrons. The zero-order chi connectivity index (χ0) is 18.9. The third-order valence-electron chi connectivity index (χ3n) is 5.20. The number of nitrogens with two attached hydrogens (primary N) is 1. The number of ether oxygens (including phenoxy) is 1. The zero-order valence-electron chi connectivity index (χ0n) is 15.4. The third-order valence-corrected chi connectivity index (χ3v) is 5.20. The summed E-state index contributed by atoms with van der Waals surface area (Å²) in [7, 11) is 0. The molecule has 0 saturated heterocycles. The lowest BCUT2D eigenvalue weighted by Crippen LogP contribution is -2.53. The van der Waals surface area contributed by atoms with Crippen molar-refractivity contribution in [1.82, 2.24) is 14.7 Å². The van der Waals surface area contributed by atoms with Gasteiger partial charge in [0.15, 0.2) is 0 Å². The van der Waals surface area contributed by atoms with Crippen LogP contribution in [0.5, 0.6) is 5.75 Å². The number of benzene rings is 1. The molecule has 27 heavy (non-hydrogen) atoms. The van der Waals surface area contributed by atoms with Crippen molar-refractivity contribution in [1.29, 1.82) is 0 Å². The van der Waals surface area contributed by atoms with E-state index < -0.39 is 0 Å². The van der Waals surface area contributed by atoms with E-state index in [1.807, 2.05) is 54.0 Å². The summed E-state index contributed by atoms with van der Waals surface area (Å²) in [4.78, 5) is 17.2. The number of amides is 1. The molecule has 1 amide bonds. The number of pyridine rings is 1. The van der Waals surface area contributed by atoms with Crippen molar-refractivity contribution in [3.63, 3.8) is 0 Å². The summed E-state index contributed by atoms with van der Waals surface area (Å²) in [5.74, 6) is 0.995. The number of carbonyl (C=O) groups is 1. The topological polar surface area (TPSA) is 81.6 Å². The van der Waals surface area contributed by atoms with Crippen LogP contribution in [0.1, 0.15) is 35.8 Å². The van der Waals surface area contributed by atoms with Crippen LogP contribution in [0.2, 0.25) is 0 Å². The van der Waals surface area contributed by atoms with Gasteiger partial charge in [0.25, 0.3) is 5.91 Å². The molecule has 140 valence electrons. The summed E-state index contributed by atoms with van der Waals surface area (Å²) in [5.41, 5.74) is 7.84. The van der Waals surface area contributed by atoms with E-state index in [1.165, 1.54) is 0 Å². The Morgan fingerprint density at radius 2 is 2.19 bits per heavy atom. The first-order chi connectivity index (χ1) is 13.1. The van der Waals surface area contributed by atoms with Crippen molar-refractivity contribution in [2.75, 3.05) is 6.54 Å². The maximum absolute atomic E-state index is 12.7. The maximum Gasteiger partial charge on any atom is 0.251 e. The van der Waals surface area contributed by atoms with Crippen LogP contribution in [0.15, 0.2) is 54.9 Å². The van der Waals surface area contributed by atoms with Crippen molar-refractivity contribution in [3.05, 3.63) is 66.1 Å². The highest BCUT2D eigenvalue weighted by Gasteiger charge is 2.41. The fourth-order valence-corrected chi connectivity index (χ4v) is 3.31. The molecule has 1 unspecified atom stereocenters. The lowest BCUT2D eigenvalue weighted by Gasteiger charge is -2.29. The van der Waals surface area contributed by atoms with E-state index >= 15 is 0 Å². The van der Waals surface area contributed by atoms with Crippen molar-refractivity contribution < 1.29 is 9.53 Å². The fraction of sp³-hybridized carbons (Fsp3) is 0.333. The highest BCUT2D eigenvalue weighted by atomic mass is 16.5. The van der Waals surface area contributed by atoms with Crippen LogP contribution in [0.4, 0.5) is 0 Å². The number of hydrogen-bond acceptors (Lipinski definition) is 4. The second kappa shape index (κ2) is 7.04. The molecule has 1 atom stereocenters. The molecular weight excluding hydrogens is 340 g/mol. The number of rotatable bonds is 7. The predicted octanol–water partition coefficient (Wildman–Crippen LogP) is 2.77. The number of aromatic nitrogens is 2. The molecule has 3 N–H and O–H groups in total. The monoisotopic (exact) mass is 364 g/mol. The summed E-state index contributed by atoms with van der Waals surface area (Å²) < 4.78 is 7.80. The highest BCUT2D eigenvalue weighted by Crippen LogP contribution is 2.39. The van der Waals surface area contributed by atoms with Crippen molar-refractivity contribution in [2.24, 2.45) is 11.7 Å². The normalized spacial score (nSPS) is 16.1. The van der Waals surface area contributed by atoms with Crippen molar-refractivity contribution >= 4 is 11.6 Å². The van der Waals surface area contributed by atoms with Gasteiger partial charge in [-0.2, -0.15) is 0 Å². The standard InChI is InChI=1S/C21H24N4O2/c1-21(14-22,16-8-9-16)24-20(26)15-5-4-6-18(11-15)27-13-17-12-25-10-3-2-7-19(25)23-17/h2-7,10-12,16H,8-9,13-14,22H2,1H3,(H,24,26). The van der Waals surface area contributed by atoms with Crippen LogP contribution in [0.25, 0.3) is 5.65 Å². The number of carbonyl (C=O) groups excluding carboxylic acids is 1. The Labute approximate surface area is 158 Å². The van der Waals surface area contributed by atoms with E-state index in [0.29, 0.717) is 30.4 Å². The predicted molar refractivity (Wildman–Crippen MR) is 104 cm³/mol. The van der Waals surface area contributed by atoms with E-state index in [1.54, 1.807) is 12.1 Å². The number of fused-ring (bicyclic) bond motifs is 1. The van der Waals surface area contributed by atoms with Crippen molar-refractivity contribution in [2.45, 2.75) is 31.9 Å². The van der Waals surface area contributed by atoms with Gasteiger partial charge in [-0.05, 0) is 56.0 Å². The Kier molecular flexibility index (Phi) is 4.58. The number of imidazole rings is 1. The Morgan fingerprint density at radius 3 is 2.93 bits per heavy atom. The molecule has 6 heteroatoms. The minimum Gasteiger partial charge on any atom is -0.487 e. The van der Waals surface area contributed by atoms with Crippen molar-refractivity contribution in [3.8, 4) is 5.75 Å². The van der Waals surface area contributed by atoms with Gasteiger partial charge in [0.05, 0.1) is 11.2 Å². The molecule has 1 aliphatic carbocycles. The summed E-state index contributed by atoms with van der Waals surface area (Å²) in [6.07, 6.45) is 6.13. The number of nitrogens with one attached hydrogen (secondary N) is 1. The van der Waals surface area contributed by atoms with Crippen LogP contribution in [-0.4, -0.2) is 27.4 Å². The minimum atomic E-state index is -0.343. The zero-order valence-corrected chi connectivity index (χ0v) is 15.4. The molecule has 1 aromatic carbocycles. The van der Waals surface area contributed by atoms with Crippen LogP contribution < -0.4 is 15.8 Å². The summed E-state index contributed by atoms with van der Waals surface area (Å²) in [6, 6.07) is 13.1. The van der Waals surface area contributed by atoms with Crippen LogP contribution in [0.3, 0.4) is 0 Å². The number of hydrogen-bond donors (Lipinski definition) is 2. The van der Waals surface area contributed by atoms with E-state index in [-0.39, 0.29) is 11.4 Å². The Morgan fingerprint density at radius 1 is 1.33 bits per heavy atom. The molecule has 0 spiro atoms. The first-order valence-corrected chi connectivity index (χ1v) is 9.25. The van der Waals surface area contributed by atoms with E-state index in [4.69, 9.17) is 10.5 Å².